The average molecular weight is 168 g/mol. The van der Waals surface area contributed by atoms with Crippen molar-refractivity contribution in [2.24, 2.45) is 0 Å². The topological polar surface area (TPSA) is 63.6 Å². The van der Waals surface area contributed by atoms with Crippen LogP contribution in [0, 0.1) is 0 Å². The number of aliphatic hydroxyl groups is 1. The Hall–Kier alpha value is -1.58. The summed E-state index contributed by atoms with van der Waals surface area (Å²) in [5, 5.41) is 8.82. The van der Waals surface area contributed by atoms with Crippen LogP contribution >= 0.6 is 0 Å². The molecule has 0 bridgehead atoms. The standard InChI is InChI=1S/C8H8O4/c1-2-12-8-4-6(10)5(9)3-7(8)11/h3-4,9H,2H2,1H3. The number of hydrogen-bond donors (Lipinski definition) is 1. The van der Waals surface area contributed by atoms with E-state index in [1.54, 1.807) is 6.92 Å². The summed E-state index contributed by atoms with van der Waals surface area (Å²) in [7, 11) is 0. The number of carbonyl (C=O) groups excluding carboxylic acids is 2. The third-order valence-corrected chi connectivity index (χ3v) is 1.33. The fourth-order valence-corrected chi connectivity index (χ4v) is 0.799. The highest BCUT2D eigenvalue weighted by molar-refractivity contribution is 6.17. The number of ether oxygens (including phenoxy) is 1. The van der Waals surface area contributed by atoms with Gasteiger partial charge in [0.15, 0.2) is 11.5 Å². The van der Waals surface area contributed by atoms with Crippen molar-refractivity contribution in [1.29, 1.82) is 0 Å². The molecule has 0 aromatic heterocycles. The first-order chi connectivity index (χ1) is 5.65. The summed E-state index contributed by atoms with van der Waals surface area (Å²) in [6.07, 6.45) is 1.84. The summed E-state index contributed by atoms with van der Waals surface area (Å²) in [5.41, 5.74) is 0. The first kappa shape index (κ1) is 8.52. The predicted molar refractivity (Wildman–Crippen MR) is 40.4 cm³/mol. The third-order valence-electron chi connectivity index (χ3n) is 1.33. The number of rotatable bonds is 2. The molecule has 4 nitrogen and oxygen atoms in total. The smallest absolute Gasteiger partial charge is 0.224 e. The van der Waals surface area contributed by atoms with Gasteiger partial charge < -0.3 is 9.84 Å². The van der Waals surface area contributed by atoms with Gasteiger partial charge >= 0.3 is 0 Å². The van der Waals surface area contributed by atoms with Crippen LogP contribution in [0.2, 0.25) is 0 Å². The molecule has 12 heavy (non-hydrogen) atoms. The molecule has 0 amide bonds. The van der Waals surface area contributed by atoms with E-state index >= 15 is 0 Å². The second-order valence-electron chi connectivity index (χ2n) is 2.20. The molecule has 1 aliphatic carbocycles. The molecule has 0 aromatic rings. The van der Waals surface area contributed by atoms with Gasteiger partial charge in [0.1, 0.15) is 0 Å². The van der Waals surface area contributed by atoms with Gasteiger partial charge in [-0.2, -0.15) is 0 Å². The van der Waals surface area contributed by atoms with Crippen molar-refractivity contribution < 1.29 is 19.4 Å². The van der Waals surface area contributed by atoms with E-state index in [2.05, 4.69) is 0 Å². The molecular weight excluding hydrogens is 160 g/mol. The summed E-state index contributed by atoms with van der Waals surface area (Å²) in [5.74, 6) is -1.63. The van der Waals surface area contributed by atoms with Crippen molar-refractivity contribution in [1.82, 2.24) is 0 Å². The van der Waals surface area contributed by atoms with Crippen LogP contribution < -0.4 is 0 Å². The fraction of sp³-hybridized carbons (Fsp3) is 0.250. The Morgan fingerprint density at radius 1 is 1.33 bits per heavy atom. The Labute approximate surface area is 69.1 Å². The van der Waals surface area contributed by atoms with Crippen molar-refractivity contribution >= 4 is 11.6 Å². The van der Waals surface area contributed by atoms with E-state index in [0.717, 1.165) is 12.2 Å². The van der Waals surface area contributed by atoms with Crippen molar-refractivity contribution in [3.63, 3.8) is 0 Å². The first-order valence-corrected chi connectivity index (χ1v) is 3.49. The molecule has 0 fully saturated rings. The number of ketones is 2. The van der Waals surface area contributed by atoms with Crippen molar-refractivity contribution in [3.05, 3.63) is 23.7 Å². The molecule has 1 N–H and O–H groups in total. The van der Waals surface area contributed by atoms with Crippen molar-refractivity contribution in [3.8, 4) is 0 Å². The molecule has 0 saturated carbocycles. The summed E-state index contributed by atoms with van der Waals surface area (Å²) in [6, 6.07) is 0. The average Bonchev–Trinajstić information content (AvgIpc) is 2.01. The predicted octanol–water partition coefficient (Wildman–Crippen LogP) is 0.500. The normalized spacial score (nSPS) is 17.1. The van der Waals surface area contributed by atoms with Crippen LogP contribution in [0.25, 0.3) is 0 Å². The van der Waals surface area contributed by atoms with Gasteiger partial charge in [0.25, 0.3) is 0 Å². The lowest BCUT2D eigenvalue weighted by Crippen LogP contribution is -2.14. The van der Waals surface area contributed by atoms with Gasteiger partial charge in [-0.15, -0.1) is 0 Å². The monoisotopic (exact) mass is 168 g/mol. The minimum Gasteiger partial charge on any atom is -0.504 e. The quantitative estimate of drug-likeness (QED) is 0.610. The highest BCUT2D eigenvalue weighted by Crippen LogP contribution is 2.10. The van der Waals surface area contributed by atoms with E-state index in [0.29, 0.717) is 6.61 Å². The van der Waals surface area contributed by atoms with E-state index in [4.69, 9.17) is 9.84 Å². The maximum atomic E-state index is 11.0. The van der Waals surface area contributed by atoms with Crippen LogP contribution in [0.15, 0.2) is 23.7 Å². The van der Waals surface area contributed by atoms with Crippen LogP contribution in [-0.4, -0.2) is 23.3 Å². The molecular formula is C8H8O4. The molecule has 0 heterocycles. The molecule has 1 rings (SSSR count). The summed E-state index contributed by atoms with van der Waals surface area (Å²) in [4.78, 5) is 21.8. The van der Waals surface area contributed by atoms with Gasteiger partial charge in [-0.3, -0.25) is 9.59 Å². The van der Waals surface area contributed by atoms with Crippen LogP contribution in [0.5, 0.6) is 0 Å². The molecule has 0 saturated heterocycles. The summed E-state index contributed by atoms with van der Waals surface area (Å²) < 4.78 is 4.85. The van der Waals surface area contributed by atoms with Gasteiger partial charge in [-0.1, -0.05) is 0 Å². The van der Waals surface area contributed by atoms with E-state index in [1.807, 2.05) is 0 Å². The number of carbonyl (C=O) groups is 2. The molecule has 0 radical (unpaired) electrons. The lowest BCUT2D eigenvalue weighted by molar-refractivity contribution is -0.119. The maximum Gasteiger partial charge on any atom is 0.224 e. The van der Waals surface area contributed by atoms with Gasteiger partial charge in [0, 0.05) is 12.2 Å². The Morgan fingerprint density at radius 2 is 2.00 bits per heavy atom. The van der Waals surface area contributed by atoms with Gasteiger partial charge in [0.2, 0.25) is 11.6 Å². The Bertz CT molecular complexity index is 285. The highest BCUT2D eigenvalue weighted by Gasteiger charge is 2.20. The van der Waals surface area contributed by atoms with E-state index < -0.39 is 17.3 Å². The second-order valence-corrected chi connectivity index (χ2v) is 2.20. The Kier molecular flexibility index (Phi) is 2.28. The zero-order valence-corrected chi connectivity index (χ0v) is 6.53. The number of allylic oxidation sites excluding steroid dienone is 2. The molecule has 0 unspecified atom stereocenters. The highest BCUT2D eigenvalue weighted by atomic mass is 16.5. The largest absolute Gasteiger partial charge is 0.504 e. The first-order valence-electron chi connectivity index (χ1n) is 3.49. The zero-order chi connectivity index (χ0) is 9.14. The van der Waals surface area contributed by atoms with Crippen LogP contribution in [0.3, 0.4) is 0 Å². The molecule has 0 aliphatic heterocycles. The Morgan fingerprint density at radius 3 is 2.58 bits per heavy atom. The third kappa shape index (κ3) is 1.53. The molecule has 0 spiro atoms. The van der Waals surface area contributed by atoms with Crippen LogP contribution in [0.4, 0.5) is 0 Å². The lowest BCUT2D eigenvalue weighted by Gasteiger charge is -2.08. The fourth-order valence-electron chi connectivity index (χ4n) is 0.799. The number of aliphatic hydroxyl groups excluding tert-OH is 1. The van der Waals surface area contributed by atoms with Gasteiger partial charge in [-0.25, -0.2) is 0 Å². The second kappa shape index (κ2) is 3.21. The van der Waals surface area contributed by atoms with Gasteiger partial charge in [0.05, 0.1) is 6.61 Å². The Balaban J connectivity index is 2.85. The summed E-state index contributed by atoms with van der Waals surface area (Å²) in [6.45, 7) is 2.02. The minimum absolute atomic E-state index is 0.0136. The van der Waals surface area contributed by atoms with Crippen LogP contribution in [0.1, 0.15) is 6.92 Å². The molecule has 64 valence electrons. The van der Waals surface area contributed by atoms with Crippen molar-refractivity contribution in [2.75, 3.05) is 6.61 Å². The SMILES string of the molecule is CCOC1=CC(=O)C(O)=CC1=O. The minimum atomic E-state index is -0.599. The van der Waals surface area contributed by atoms with E-state index in [1.165, 1.54) is 0 Å². The molecule has 4 heteroatoms. The molecule has 1 aliphatic rings. The van der Waals surface area contributed by atoms with E-state index in [-0.39, 0.29) is 5.76 Å². The lowest BCUT2D eigenvalue weighted by atomic mass is 10.1. The molecule has 0 aromatic carbocycles. The summed E-state index contributed by atoms with van der Waals surface area (Å²) >= 11 is 0. The van der Waals surface area contributed by atoms with Gasteiger partial charge in [-0.05, 0) is 6.92 Å². The molecule has 0 atom stereocenters. The maximum absolute atomic E-state index is 11.0. The zero-order valence-electron chi connectivity index (χ0n) is 6.53. The van der Waals surface area contributed by atoms with E-state index in [9.17, 15) is 9.59 Å². The number of hydrogen-bond acceptors (Lipinski definition) is 4. The van der Waals surface area contributed by atoms with Crippen LogP contribution in [-0.2, 0) is 14.3 Å². The van der Waals surface area contributed by atoms with Crippen molar-refractivity contribution in [2.45, 2.75) is 6.92 Å².